The summed E-state index contributed by atoms with van der Waals surface area (Å²) in [6, 6.07) is 8.69. The number of anilines is 1. The second kappa shape index (κ2) is 6.78. The molecule has 1 aliphatic rings. The van der Waals surface area contributed by atoms with Gasteiger partial charge >= 0.3 is 0 Å². The fourth-order valence-corrected chi connectivity index (χ4v) is 4.42. The van der Waals surface area contributed by atoms with Gasteiger partial charge in [0.2, 0.25) is 0 Å². The zero-order valence-corrected chi connectivity index (χ0v) is 15.5. The van der Waals surface area contributed by atoms with Crippen LogP contribution < -0.4 is 5.32 Å². The summed E-state index contributed by atoms with van der Waals surface area (Å²) in [6.45, 7) is 0. The summed E-state index contributed by atoms with van der Waals surface area (Å²) in [5.41, 5.74) is 2.34. The van der Waals surface area contributed by atoms with Gasteiger partial charge in [0.25, 0.3) is 0 Å². The van der Waals surface area contributed by atoms with E-state index < -0.39 is 0 Å². The number of aliphatic hydroxyl groups excluding tert-OH is 1. The van der Waals surface area contributed by atoms with Crippen molar-refractivity contribution in [2.45, 2.75) is 37.8 Å². The van der Waals surface area contributed by atoms with Crippen LogP contribution in [0, 0.1) is 0 Å². The lowest BCUT2D eigenvalue weighted by atomic mass is 9.93. The Morgan fingerprint density at radius 3 is 2.58 bits per heavy atom. The van der Waals surface area contributed by atoms with Crippen LogP contribution >= 0.6 is 27.3 Å². The number of hydrogen-bond acceptors (Lipinski definition) is 5. The zero-order valence-electron chi connectivity index (χ0n) is 13.1. The van der Waals surface area contributed by atoms with E-state index in [4.69, 9.17) is 0 Å². The van der Waals surface area contributed by atoms with Gasteiger partial charge in [-0.15, -0.1) is 11.3 Å². The van der Waals surface area contributed by atoms with Crippen molar-refractivity contribution in [1.29, 1.82) is 0 Å². The smallest absolute Gasteiger partial charge is 0.139 e. The topological polar surface area (TPSA) is 58.0 Å². The summed E-state index contributed by atoms with van der Waals surface area (Å²) in [4.78, 5) is 9.94. The highest BCUT2D eigenvalue weighted by molar-refractivity contribution is 9.10. The van der Waals surface area contributed by atoms with Gasteiger partial charge in [-0.2, -0.15) is 0 Å². The number of aromatic nitrogens is 2. The number of aliphatic hydroxyl groups is 1. The van der Waals surface area contributed by atoms with Gasteiger partial charge in [-0.1, -0.05) is 28.1 Å². The highest BCUT2D eigenvalue weighted by Gasteiger charge is 2.21. The quantitative estimate of drug-likeness (QED) is 0.656. The molecule has 1 aliphatic carbocycles. The van der Waals surface area contributed by atoms with E-state index in [9.17, 15) is 5.11 Å². The van der Waals surface area contributed by atoms with E-state index in [1.807, 2.05) is 0 Å². The maximum atomic E-state index is 9.69. The first-order valence-corrected chi connectivity index (χ1v) is 9.80. The van der Waals surface area contributed by atoms with Crippen molar-refractivity contribution in [3.63, 3.8) is 0 Å². The molecule has 0 bridgehead atoms. The minimum atomic E-state index is -0.145. The molecule has 0 spiro atoms. The molecule has 2 N–H and O–H groups in total. The van der Waals surface area contributed by atoms with E-state index in [-0.39, 0.29) is 6.10 Å². The molecule has 24 heavy (non-hydrogen) atoms. The van der Waals surface area contributed by atoms with Gasteiger partial charge in [0.15, 0.2) is 0 Å². The maximum absolute atomic E-state index is 9.69. The molecular formula is C18H18BrN3OS. The molecule has 2 heterocycles. The fraction of sp³-hybridized carbons (Fsp3) is 0.333. The van der Waals surface area contributed by atoms with Crippen LogP contribution in [0.25, 0.3) is 21.3 Å². The largest absolute Gasteiger partial charge is 0.393 e. The average Bonchev–Trinajstić information content (AvgIpc) is 3.03. The molecule has 124 valence electrons. The predicted octanol–water partition coefficient (Wildman–Crippen LogP) is 4.84. The van der Waals surface area contributed by atoms with Gasteiger partial charge in [-0.05, 0) is 43.4 Å². The average molecular weight is 404 g/mol. The van der Waals surface area contributed by atoms with Gasteiger partial charge < -0.3 is 10.4 Å². The molecule has 1 fully saturated rings. The third-order valence-corrected chi connectivity index (χ3v) is 5.98. The first kappa shape index (κ1) is 16.0. The van der Waals surface area contributed by atoms with E-state index in [0.717, 1.165) is 46.2 Å². The van der Waals surface area contributed by atoms with E-state index >= 15 is 0 Å². The molecule has 0 unspecified atom stereocenters. The van der Waals surface area contributed by atoms with Crippen molar-refractivity contribution < 1.29 is 5.11 Å². The number of benzene rings is 1. The molecular weight excluding hydrogens is 386 g/mol. The Kier molecular flexibility index (Phi) is 4.52. The lowest BCUT2D eigenvalue weighted by molar-refractivity contribution is 0.126. The number of fused-ring (bicyclic) bond motifs is 1. The summed E-state index contributed by atoms with van der Waals surface area (Å²) in [5.74, 6) is 0.903. The van der Waals surface area contributed by atoms with Crippen molar-refractivity contribution in [3.05, 3.63) is 40.4 Å². The summed E-state index contributed by atoms with van der Waals surface area (Å²) in [7, 11) is 0. The van der Waals surface area contributed by atoms with Gasteiger partial charge in [-0.25, -0.2) is 9.97 Å². The molecule has 1 aromatic carbocycles. The van der Waals surface area contributed by atoms with E-state index in [2.05, 4.69) is 60.9 Å². The van der Waals surface area contributed by atoms with Crippen LogP contribution in [0.1, 0.15) is 25.7 Å². The summed E-state index contributed by atoms with van der Waals surface area (Å²) < 4.78 is 1.07. The molecule has 2 aromatic heterocycles. The second-order valence-corrected chi connectivity index (χ2v) is 7.98. The lowest BCUT2D eigenvalue weighted by Gasteiger charge is -2.26. The Labute approximate surface area is 153 Å². The van der Waals surface area contributed by atoms with Crippen molar-refractivity contribution in [1.82, 2.24) is 9.97 Å². The number of nitrogens with one attached hydrogen (secondary N) is 1. The van der Waals surface area contributed by atoms with Crippen LogP contribution in [-0.4, -0.2) is 27.2 Å². The minimum Gasteiger partial charge on any atom is -0.393 e. The van der Waals surface area contributed by atoms with Crippen LogP contribution in [0.2, 0.25) is 0 Å². The number of halogens is 1. The van der Waals surface area contributed by atoms with Crippen LogP contribution in [0.4, 0.5) is 5.82 Å². The van der Waals surface area contributed by atoms with Crippen LogP contribution in [0.3, 0.4) is 0 Å². The van der Waals surface area contributed by atoms with Crippen molar-refractivity contribution in [2.75, 3.05) is 5.32 Å². The molecule has 1 saturated carbocycles. The van der Waals surface area contributed by atoms with Gasteiger partial charge in [0.05, 0.1) is 11.5 Å². The van der Waals surface area contributed by atoms with Crippen molar-refractivity contribution >= 4 is 43.3 Å². The molecule has 0 saturated heterocycles. The Hall–Kier alpha value is -1.50. The highest BCUT2D eigenvalue weighted by atomic mass is 79.9. The molecule has 6 heteroatoms. The molecule has 4 rings (SSSR count). The van der Waals surface area contributed by atoms with Gasteiger partial charge in [0, 0.05) is 21.5 Å². The number of hydrogen-bond donors (Lipinski definition) is 2. The second-order valence-electron chi connectivity index (χ2n) is 6.21. The standard InChI is InChI=1S/C18H18BrN3OS/c19-12-3-1-11(2-4-12)15-9-24-18-16(15)17(20-10-21-18)22-13-5-7-14(23)8-6-13/h1-4,9-10,13-14,23H,5-8H2,(H,20,21,22). The third kappa shape index (κ3) is 3.18. The number of rotatable bonds is 3. The monoisotopic (exact) mass is 403 g/mol. The summed E-state index contributed by atoms with van der Waals surface area (Å²) in [6.07, 6.45) is 5.15. The molecule has 3 aromatic rings. The third-order valence-electron chi connectivity index (χ3n) is 4.56. The SMILES string of the molecule is OC1CCC(Nc2ncnc3scc(-c4ccc(Br)cc4)c23)CC1. The highest BCUT2D eigenvalue weighted by Crippen LogP contribution is 2.37. The van der Waals surface area contributed by atoms with Crippen LogP contribution in [0.15, 0.2) is 40.4 Å². The van der Waals surface area contributed by atoms with E-state index in [1.165, 1.54) is 11.1 Å². The maximum Gasteiger partial charge on any atom is 0.139 e. The Bertz CT molecular complexity index is 841. The Morgan fingerprint density at radius 2 is 1.83 bits per heavy atom. The fourth-order valence-electron chi connectivity index (χ4n) is 3.24. The van der Waals surface area contributed by atoms with Gasteiger partial charge in [0.1, 0.15) is 17.0 Å². The molecule has 0 aliphatic heterocycles. The van der Waals surface area contributed by atoms with Crippen LogP contribution in [-0.2, 0) is 0 Å². The number of nitrogens with zero attached hydrogens (tertiary/aromatic N) is 2. The van der Waals surface area contributed by atoms with Gasteiger partial charge in [-0.3, -0.25) is 0 Å². The molecule has 4 nitrogen and oxygen atoms in total. The Balaban J connectivity index is 1.70. The first-order chi connectivity index (χ1) is 11.7. The van der Waals surface area contributed by atoms with E-state index in [0.29, 0.717) is 6.04 Å². The van der Waals surface area contributed by atoms with E-state index in [1.54, 1.807) is 17.7 Å². The van der Waals surface area contributed by atoms with Crippen LogP contribution in [0.5, 0.6) is 0 Å². The summed E-state index contributed by atoms with van der Waals surface area (Å²) in [5, 5.41) is 16.5. The Morgan fingerprint density at radius 1 is 1.08 bits per heavy atom. The van der Waals surface area contributed by atoms with Crippen molar-refractivity contribution in [3.8, 4) is 11.1 Å². The molecule has 0 radical (unpaired) electrons. The molecule has 0 atom stereocenters. The normalized spacial score (nSPS) is 21.1. The minimum absolute atomic E-state index is 0.145. The first-order valence-electron chi connectivity index (χ1n) is 8.13. The zero-order chi connectivity index (χ0) is 16.5. The van der Waals surface area contributed by atoms with Crippen molar-refractivity contribution in [2.24, 2.45) is 0 Å². The molecule has 0 amide bonds. The number of thiophene rings is 1. The lowest BCUT2D eigenvalue weighted by Crippen LogP contribution is -2.28. The summed E-state index contributed by atoms with van der Waals surface area (Å²) >= 11 is 5.14. The predicted molar refractivity (Wildman–Crippen MR) is 102 cm³/mol.